The number of imidazole rings is 1. The highest BCUT2D eigenvalue weighted by atomic mass is 32.1. The molecule has 0 N–H and O–H groups in total. The molecule has 0 aliphatic carbocycles. The molecule has 2 heterocycles. The summed E-state index contributed by atoms with van der Waals surface area (Å²) < 4.78 is 1.79. The second kappa shape index (κ2) is 2.17. The fraction of sp³-hybridized carbons (Fsp3) is 0.143. The van der Waals surface area contributed by atoms with Gasteiger partial charge in [0.05, 0.1) is 11.0 Å². The highest BCUT2D eigenvalue weighted by Crippen LogP contribution is 2.17. The first kappa shape index (κ1) is 6.54. The number of aryl methyl sites for hydroxylation is 1. The molecule has 0 atom stereocenters. The number of carbonyl (C=O) groups excluding carboxylic acids is 1. The Morgan fingerprint density at radius 2 is 2.45 bits per heavy atom. The van der Waals surface area contributed by atoms with Crippen LogP contribution >= 0.6 is 11.3 Å². The summed E-state index contributed by atoms with van der Waals surface area (Å²) in [5.41, 5.74) is 1.93. The lowest BCUT2D eigenvalue weighted by Crippen LogP contribution is -1.94. The molecular weight excluding hydrogens is 160 g/mol. The fourth-order valence-electron chi connectivity index (χ4n) is 1.05. The van der Waals surface area contributed by atoms with Gasteiger partial charge in [0.2, 0.25) is 0 Å². The van der Waals surface area contributed by atoms with Crippen LogP contribution in [-0.2, 0) is 7.05 Å². The molecule has 4 heteroatoms. The van der Waals surface area contributed by atoms with Crippen LogP contribution in [0.25, 0.3) is 11.0 Å². The first-order chi connectivity index (χ1) is 5.33. The van der Waals surface area contributed by atoms with Crippen LogP contribution in [0.3, 0.4) is 0 Å². The van der Waals surface area contributed by atoms with Gasteiger partial charge in [0.15, 0.2) is 12.1 Å². The van der Waals surface area contributed by atoms with Crippen molar-refractivity contribution in [3.8, 4) is 0 Å². The molecule has 0 spiro atoms. The van der Waals surface area contributed by atoms with Crippen LogP contribution in [0.1, 0.15) is 10.6 Å². The Morgan fingerprint density at radius 1 is 1.64 bits per heavy atom. The Kier molecular flexibility index (Phi) is 1.29. The Hall–Kier alpha value is -1.16. The third-order valence-electron chi connectivity index (χ3n) is 1.67. The van der Waals surface area contributed by atoms with E-state index in [1.54, 1.807) is 15.9 Å². The number of thiophene rings is 1. The minimum Gasteiger partial charge on any atom is -0.324 e. The smallest absolute Gasteiger partial charge is 0.185 e. The van der Waals surface area contributed by atoms with Gasteiger partial charge in [-0.1, -0.05) is 0 Å². The Bertz CT molecular complexity index is 401. The number of carbonyl (C=O) groups is 1. The zero-order valence-electron chi connectivity index (χ0n) is 5.94. The van der Waals surface area contributed by atoms with Gasteiger partial charge < -0.3 is 4.57 Å². The number of fused-ring (bicyclic) bond motifs is 1. The Morgan fingerprint density at radius 3 is 3.09 bits per heavy atom. The maximum atomic E-state index is 10.4. The van der Waals surface area contributed by atoms with Gasteiger partial charge in [-0.15, -0.1) is 11.3 Å². The van der Waals surface area contributed by atoms with Crippen LogP contribution in [0.15, 0.2) is 10.8 Å². The highest BCUT2D eigenvalue weighted by molar-refractivity contribution is 7.09. The molecule has 0 aliphatic heterocycles. The van der Waals surface area contributed by atoms with E-state index in [1.807, 2.05) is 17.8 Å². The molecule has 0 bridgehead atoms. The number of nitrogens with zero attached hydrogens (tertiary/aromatic N) is 2. The van der Waals surface area contributed by atoms with Crippen molar-refractivity contribution in [2.24, 2.45) is 7.05 Å². The van der Waals surface area contributed by atoms with Crippen LogP contribution < -0.4 is 0 Å². The lowest BCUT2D eigenvalue weighted by Gasteiger charge is -1.90. The summed E-state index contributed by atoms with van der Waals surface area (Å²) in [5, 5.41) is 3.91. The van der Waals surface area contributed by atoms with Crippen molar-refractivity contribution in [3.05, 3.63) is 16.6 Å². The second-order valence-corrected chi connectivity index (χ2v) is 3.03. The van der Waals surface area contributed by atoms with Gasteiger partial charge in [-0.2, -0.15) is 0 Å². The Labute approximate surface area is 67.3 Å². The van der Waals surface area contributed by atoms with Crippen LogP contribution in [0.2, 0.25) is 0 Å². The van der Waals surface area contributed by atoms with E-state index in [0.29, 0.717) is 5.82 Å². The molecule has 0 saturated carbocycles. The van der Waals surface area contributed by atoms with E-state index in [1.165, 1.54) is 0 Å². The summed E-state index contributed by atoms with van der Waals surface area (Å²) in [7, 11) is 1.84. The standard InChI is InChI=1S/C7H6N2OS/c1-9-6-4-11-3-5(6)8-7(9)2-10/h2-4H,1H3. The van der Waals surface area contributed by atoms with E-state index in [2.05, 4.69) is 4.98 Å². The van der Waals surface area contributed by atoms with Crippen molar-refractivity contribution in [1.82, 2.24) is 9.55 Å². The van der Waals surface area contributed by atoms with Crippen molar-refractivity contribution < 1.29 is 4.79 Å². The minimum atomic E-state index is 0.489. The third kappa shape index (κ3) is 0.793. The van der Waals surface area contributed by atoms with Crippen molar-refractivity contribution in [3.63, 3.8) is 0 Å². The van der Waals surface area contributed by atoms with Crippen LogP contribution in [0, 0.1) is 0 Å². The lowest BCUT2D eigenvalue weighted by atomic mass is 10.5. The minimum absolute atomic E-state index is 0.489. The van der Waals surface area contributed by atoms with Gasteiger partial charge in [-0.25, -0.2) is 4.98 Å². The molecule has 0 aromatic carbocycles. The summed E-state index contributed by atoms with van der Waals surface area (Å²) >= 11 is 1.59. The van der Waals surface area contributed by atoms with Crippen molar-refractivity contribution in [2.45, 2.75) is 0 Å². The van der Waals surface area contributed by atoms with E-state index >= 15 is 0 Å². The van der Waals surface area contributed by atoms with Crippen molar-refractivity contribution in [1.29, 1.82) is 0 Å². The maximum absolute atomic E-state index is 10.4. The fourth-order valence-corrected chi connectivity index (χ4v) is 1.82. The average molecular weight is 166 g/mol. The summed E-state index contributed by atoms with van der Waals surface area (Å²) in [6, 6.07) is 0. The molecule has 11 heavy (non-hydrogen) atoms. The van der Waals surface area contributed by atoms with Crippen molar-refractivity contribution in [2.75, 3.05) is 0 Å². The first-order valence-electron chi connectivity index (χ1n) is 3.16. The quantitative estimate of drug-likeness (QED) is 0.601. The van der Waals surface area contributed by atoms with Gasteiger partial charge in [0.25, 0.3) is 0 Å². The summed E-state index contributed by atoms with van der Waals surface area (Å²) in [5.74, 6) is 0.489. The van der Waals surface area contributed by atoms with E-state index in [4.69, 9.17) is 0 Å². The molecule has 0 saturated heterocycles. The molecule has 0 unspecified atom stereocenters. The van der Waals surface area contributed by atoms with E-state index < -0.39 is 0 Å². The summed E-state index contributed by atoms with van der Waals surface area (Å²) in [4.78, 5) is 14.5. The number of aldehydes is 1. The molecule has 2 aromatic heterocycles. The van der Waals surface area contributed by atoms with E-state index in [9.17, 15) is 4.79 Å². The molecular formula is C7H6N2OS. The van der Waals surface area contributed by atoms with Crippen molar-refractivity contribution >= 4 is 28.7 Å². The van der Waals surface area contributed by atoms with Gasteiger partial charge >= 0.3 is 0 Å². The number of hydrogen-bond donors (Lipinski definition) is 0. The van der Waals surface area contributed by atoms with E-state index in [-0.39, 0.29) is 0 Å². The molecule has 2 rings (SSSR count). The highest BCUT2D eigenvalue weighted by Gasteiger charge is 2.05. The zero-order chi connectivity index (χ0) is 7.84. The molecule has 0 radical (unpaired) electrons. The number of hydrogen-bond acceptors (Lipinski definition) is 3. The third-order valence-corrected chi connectivity index (χ3v) is 2.39. The second-order valence-electron chi connectivity index (χ2n) is 2.29. The van der Waals surface area contributed by atoms with Crippen LogP contribution in [0.4, 0.5) is 0 Å². The van der Waals surface area contributed by atoms with Crippen LogP contribution in [-0.4, -0.2) is 15.8 Å². The number of aromatic nitrogens is 2. The lowest BCUT2D eigenvalue weighted by molar-refractivity contribution is 0.111. The monoisotopic (exact) mass is 166 g/mol. The predicted molar refractivity (Wildman–Crippen MR) is 44.0 cm³/mol. The van der Waals surface area contributed by atoms with Gasteiger partial charge in [0.1, 0.15) is 0 Å². The molecule has 0 aliphatic rings. The number of rotatable bonds is 1. The van der Waals surface area contributed by atoms with Crippen LogP contribution in [0.5, 0.6) is 0 Å². The first-order valence-corrected chi connectivity index (χ1v) is 4.11. The summed E-state index contributed by atoms with van der Waals surface area (Å²) in [6.45, 7) is 0. The molecule has 0 amide bonds. The van der Waals surface area contributed by atoms with Gasteiger partial charge in [0, 0.05) is 17.8 Å². The SMILES string of the molecule is Cn1c(C=O)nc2cscc21. The maximum Gasteiger partial charge on any atom is 0.185 e. The normalized spacial score (nSPS) is 10.6. The summed E-state index contributed by atoms with van der Waals surface area (Å²) in [6.07, 6.45) is 0.769. The Balaban J connectivity index is 2.86. The molecule has 2 aromatic rings. The zero-order valence-corrected chi connectivity index (χ0v) is 6.76. The molecule has 56 valence electrons. The largest absolute Gasteiger partial charge is 0.324 e. The predicted octanol–water partition coefficient (Wildman–Crippen LogP) is 1.45. The molecule has 0 fully saturated rings. The average Bonchev–Trinajstić information content (AvgIpc) is 2.53. The van der Waals surface area contributed by atoms with Gasteiger partial charge in [-0.3, -0.25) is 4.79 Å². The molecule has 3 nitrogen and oxygen atoms in total. The van der Waals surface area contributed by atoms with Gasteiger partial charge in [-0.05, 0) is 0 Å². The topological polar surface area (TPSA) is 34.9 Å². The van der Waals surface area contributed by atoms with E-state index in [0.717, 1.165) is 17.3 Å².